The molecule has 2 N–H and O–H groups in total. The number of hydrogen-bond donors (Lipinski definition) is 2. The number of rotatable bonds is 7. The van der Waals surface area contributed by atoms with Crippen LogP contribution in [0.25, 0.3) is 0 Å². The number of para-hydroxylation sites is 1. The molecule has 0 fully saturated rings. The fourth-order valence-electron chi connectivity index (χ4n) is 2.58. The number of quaternary nitrogens is 1. The van der Waals surface area contributed by atoms with Gasteiger partial charge in [-0.2, -0.15) is 0 Å². The van der Waals surface area contributed by atoms with E-state index in [1.54, 1.807) is 14.2 Å². The number of aryl methyl sites for hydroxylation is 1. The minimum atomic E-state index is 0.00211. The average Bonchev–Trinajstić information content (AvgIpc) is 2.56. The van der Waals surface area contributed by atoms with E-state index in [-0.39, 0.29) is 5.91 Å². The maximum atomic E-state index is 12.2. The molecule has 5 heteroatoms. The maximum Gasteiger partial charge on any atom is 0.279 e. The summed E-state index contributed by atoms with van der Waals surface area (Å²) in [6, 6.07) is 13.6. The molecule has 128 valence electrons. The number of carbonyl (C=O) groups excluding carboxylic acids is 1. The van der Waals surface area contributed by atoms with Crippen LogP contribution in [0, 0.1) is 6.92 Å². The van der Waals surface area contributed by atoms with Gasteiger partial charge in [0, 0.05) is 11.3 Å². The lowest BCUT2D eigenvalue weighted by molar-refractivity contribution is -0.885. The first-order chi connectivity index (χ1) is 11.5. The van der Waals surface area contributed by atoms with Gasteiger partial charge in [0.2, 0.25) is 0 Å². The molecule has 0 aliphatic carbocycles. The minimum Gasteiger partial charge on any atom is -0.493 e. The molecule has 2 aromatic carbocycles. The van der Waals surface area contributed by atoms with Crippen molar-refractivity contribution in [1.29, 1.82) is 0 Å². The summed E-state index contributed by atoms with van der Waals surface area (Å²) in [5, 5.41) is 2.96. The van der Waals surface area contributed by atoms with Gasteiger partial charge in [0.1, 0.15) is 6.54 Å². The van der Waals surface area contributed by atoms with Crippen molar-refractivity contribution in [2.45, 2.75) is 13.5 Å². The average molecular weight is 329 g/mol. The highest BCUT2D eigenvalue weighted by Crippen LogP contribution is 2.27. The molecular formula is C19H25N2O3+. The first-order valence-corrected chi connectivity index (χ1v) is 7.91. The summed E-state index contributed by atoms with van der Waals surface area (Å²) >= 11 is 0. The number of carbonyl (C=O) groups is 1. The van der Waals surface area contributed by atoms with Crippen LogP contribution in [0.15, 0.2) is 42.5 Å². The van der Waals surface area contributed by atoms with Gasteiger partial charge in [-0.15, -0.1) is 0 Å². The van der Waals surface area contributed by atoms with Gasteiger partial charge in [-0.25, -0.2) is 0 Å². The zero-order valence-corrected chi connectivity index (χ0v) is 14.7. The number of methoxy groups -OCH3 is 2. The number of likely N-dealkylation sites (N-methyl/N-ethyl adjacent to an activating group) is 1. The van der Waals surface area contributed by atoms with E-state index in [0.717, 1.165) is 28.3 Å². The SMILES string of the molecule is COc1ccc(C[NH+](C)CC(=O)Nc2ccccc2C)cc1OC. The van der Waals surface area contributed by atoms with Crippen molar-refractivity contribution in [3.8, 4) is 11.5 Å². The van der Waals surface area contributed by atoms with Crippen LogP contribution in [0.3, 0.4) is 0 Å². The minimum absolute atomic E-state index is 0.00211. The van der Waals surface area contributed by atoms with E-state index < -0.39 is 0 Å². The van der Waals surface area contributed by atoms with E-state index in [4.69, 9.17) is 9.47 Å². The lowest BCUT2D eigenvalue weighted by Crippen LogP contribution is -3.08. The number of ether oxygens (including phenoxy) is 2. The quantitative estimate of drug-likeness (QED) is 0.812. The Bertz CT molecular complexity index is 701. The third-order valence-electron chi connectivity index (χ3n) is 3.84. The van der Waals surface area contributed by atoms with E-state index in [1.807, 2.05) is 56.4 Å². The molecule has 0 aliphatic rings. The Labute approximate surface area is 143 Å². The molecular weight excluding hydrogens is 304 g/mol. The second kappa shape index (κ2) is 8.36. The van der Waals surface area contributed by atoms with Crippen LogP contribution in [-0.4, -0.2) is 33.7 Å². The molecule has 0 aliphatic heterocycles. The lowest BCUT2D eigenvalue weighted by Gasteiger charge is -2.16. The number of anilines is 1. The van der Waals surface area contributed by atoms with Crippen LogP contribution in [0.1, 0.15) is 11.1 Å². The van der Waals surface area contributed by atoms with Crippen molar-refractivity contribution in [1.82, 2.24) is 0 Å². The predicted molar refractivity (Wildman–Crippen MR) is 94.8 cm³/mol. The molecule has 0 saturated carbocycles. The van der Waals surface area contributed by atoms with Gasteiger partial charge in [-0.05, 0) is 36.8 Å². The second-order valence-corrected chi connectivity index (χ2v) is 5.86. The van der Waals surface area contributed by atoms with Crippen molar-refractivity contribution in [2.24, 2.45) is 0 Å². The first-order valence-electron chi connectivity index (χ1n) is 7.91. The molecule has 0 aromatic heterocycles. The second-order valence-electron chi connectivity index (χ2n) is 5.86. The van der Waals surface area contributed by atoms with Crippen molar-refractivity contribution in [3.63, 3.8) is 0 Å². The normalized spacial score (nSPS) is 11.7. The molecule has 0 bridgehead atoms. The van der Waals surface area contributed by atoms with Gasteiger partial charge in [-0.1, -0.05) is 18.2 Å². The standard InChI is InChI=1S/C19H24N2O3/c1-14-7-5-6-8-16(14)20-19(22)13-21(2)12-15-9-10-17(23-3)18(11-15)24-4/h5-11H,12-13H2,1-4H3,(H,20,22)/p+1. The van der Waals surface area contributed by atoms with Gasteiger partial charge in [0.05, 0.1) is 21.3 Å². The fraction of sp³-hybridized carbons (Fsp3) is 0.316. The number of nitrogens with one attached hydrogen (secondary N) is 2. The Kier molecular flexibility index (Phi) is 6.21. The summed E-state index contributed by atoms with van der Waals surface area (Å²) in [6.45, 7) is 3.10. The van der Waals surface area contributed by atoms with Gasteiger partial charge in [0.25, 0.3) is 5.91 Å². The molecule has 0 spiro atoms. The van der Waals surface area contributed by atoms with Crippen molar-refractivity contribution in [2.75, 3.05) is 33.1 Å². The van der Waals surface area contributed by atoms with Crippen LogP contribution in [0.5, 0.6) is 11.5 Å². The zero-order valence-electron chi connectivity index (χ0n) is 14.7. The predicted octanol–water partition coefficient (Wildman–Crippen LogP) is 1.67. The summed E-state index contributed by atoms with van der Waals surface area (Å²) in [6.07, 6.45) is 0. The van der Waals surface area contributed by atoms with Crippen molar-refractivity contribution in [3.05, 3.63) is 53.6 Å². The molecule has 0 heterocycles. The molecule has 5 nitrogen and oxygen atoms in total. The largest absolute Gasteiger partial charge is 0.493 e. The highest BCUT2D eigenvalue weighted by molar-refractivity contribution is 5.92. The van der Waals surface area contributed by atoms with Crippen molar-refractivity contribution >= 4 is 11.6 Å². The van der Waals surface area contributed by atoms with E-state index in [2.05, 4.69) is 5.32 Å². The topological polar surface area (TPSA) is 52.0 Å². The first kappa shape index (κ1) is 17.8. The Morgan fingerprint density at radius 3 is 2.46 bits per heavy atom. The van der Waals surface area contributed by atoms with Crippen molar-refractivity contribution < 1.29 is 19.2 Å². The van der Waals surface area contributed by atoms with E-state index in [9.17, 15) is 4.79 Å². The number of amides is 1. The molecule has 1 atom stereocenters. The molecule has 2 rings (SSSR count). The van der Waals surface area contributed by atoms with Gasteiger partial charge < -0.3 is 19.7 Å². The maximum absolute atomic E-state index is 12.2. The summed E-state index contributed by atoms with van der Waals surface area (Å²) in [4.78, 5) is 13.3. The molecule has 0 radical (unpaired) electrons. The Morgan fingerprint density at radius 1 is 1.08 bits per heavy atom. The molecule has 1 unspecified atom stereocenters. The Balaban J connectivity index is 1.94. The number of hydrogen-bond acceptors (Lipinski definition) is 3. The fourth-order valence-corrected chi connectivity index (χ4v) is 2.58. The lowest BCUT2D eigenvalue weighted by atomic mass is 10.2. The third kappa shape index (κ3) is 4.73. The van der Waals surface area contributed by atoms with Gasteiger partial charge in [-0.3, -0.25) is 4.79 Å². The van der Waals surface area contributed by atoms with E-state index >= 15 is 0 Å². The highest BCUT2D eigenvalue weighted by atomic mass is 16.5. The Morgan fingerprint density at radius 2 is 1.79 bits per heavy atom. The molecule has 1 amide bonds. The molecule has 24 heavy (non-hydrogen) atoms. The van der Waals surface area contributed by atoms with Gasteiger partial charge >= 0.3 is 0 Å². The summed E-state index contributed by atoms with van der Waals surface area (Å²) < 4.78 is 10.6. The van der Waals surface area contributed by atoms with Crippen LogP contribution in [0.2, 0.25) is 0 Å². The van der Waals surface area contributed by atoms with E-state index in [1.165, 1.54) is 0 Å². The summed E-state index contributed by atoms with van der Waals surface area (Å²) in [7, 11) is 5.23. The molecule has 0 saturated heterocycles. The Hall–Kier alpha value is -2.53. The number of benzene rings is 2. The van der Waals surface area contributed by atoms with Crippen LogP contribution in [-0.2, 0) is 11.3 Å². The van der Waals surface area contributed by atoms with Gasteiger partial charge in [0.15, 0.2) is 18.0 Å². The highest BCUT2D eigenvalue weighted by Gasteiger charge is 2.13. The summed E-state index contributed by atoms with van der Waals surface area (Å²) in [5.41, 5.74) is 3.01. The van der Waals surface area contributed by atoms with Crippen LogP contribution < -0.4 is 19.7 Å². The van der Waals surface area contributed by atoms with Crippen LogP contribution >= 0.6 is 0 Å². The van der Waals surface area contributed by atoms with Crippen LogP contribution in [0.4, 0.5) is 5.69 Å². The third-order valence-corrected chi connectivity index (χ3v) is 3.84. The molecule has 2 aromatic rings. The van der Waals surface area contributed by atoms with E-state index in [0.29, 0.717) is 18.0 Å². The zero-order chi connectivity index (χ0) is 17.5. The summed E-state index contributed by atoms with van der Waals surface area (Å²) in [5.74, 6) is 1.41. The monoisotopic (exact) mass is 329 g/mol. The smallest absolute Gasteiger partial charge is 0.279 e.